The fraction of sp³-hybridized carbons (Fsp3) is 0.222. The summed E-state index contributed by atoms with van der Waals surface area (Å²) in [7, 11) is 1.58. The highest BCUT2D eigenvalue weighted by Gasteiger charge is 2.18. The van der Waals surface area contributed by atoms with Crippen molar-refractivity contribution in [2.75, 3.05) is 13.7 Å². The summed E-state index contributed by atoms with van der Waals surface area (Å²) in [6.07, 6.45) is 5.99. The Hall–Kier alpha value is -3.33. The maximum atomic E-state index is 13.4. The molecule has 1 atom stereocenters. The molecule has 8 nitrogen and oxygen atoms in total. The van der Waals surface area contributed by atoms with Gasteiger partial charge in [0, 0.05) is 25.5 Å². The molecule has 4 aromatic rings. The van der Waals surface area contributed by atoms with E-state index < -0.39 is 0 Å². The van der Waals surface area contributed by atoms with E-state index in [9.17, 15) is 9.18 Å². The number of pyridine rings is 1. The van der Waals surface area contributed by atoms with Crippen LogP contribution in [0.4, 0.5) is 4.39 Å². The zero-order chi connectivity index (χ0) is 19.0. The summed E-state index contributed by atoms with van der Waals surface area (Å²) in [6.45, 7) is 2.26. The Labute approximate surface area is 153 Å². The van der Waals surface area contributed by atoms with Crippen LogP contribution in [0.5, 0.6) is 0 Å². The van der Waals surface area contributed by atoms with E-state index in [2.05, 4.69) is 25.3 Å². The Bertz CT molecular complexity index is 1140. The Morgan fingerprint density at radius 2 is 2.26 bits per heavy atom. The van der Waals surface area contributed by atoms with E-state index in [-0.39, 0.29) is 17.8 Å². The highest BCUT2D eigenvalue weighted by molar-refractivity contribution is 6.04. The lowest BCUT2D eigenvalue weighted by Crippen LogP contribution is -2.35. The van der Waals surface area contributed by atoms with Crippen molar-refractivity contribution in [1.82, 2.24) is 29.7 Å². The number of carbonyl (C=O) groups is 1. The van der Waals surface area contributed by atoms with Crippen molar-refractivity contribution in [3.05, 3.63) is 48.4 Å². The number of amides is 1. The van der Waals surface area contributed by atoms with Crippen molar-refractivity contribution < 1.29 is 13.9 Å². The molecule has 0 saturated carbocycles. The molecule has 0 fully saturated rings. The molecule has 0 aliphatic carbocycles. The van der Waals surface area contributed by atoms with Crippen LogP contribution in [-0.4, -0.2) is 50.0 Å². The second-order valence-electron chi connectivity index (χ2n) is 6.22. The maximum absolute atomic E-state index is 13.4. The number of nitrogens with one attached hydrogen (secondary N) is 2. The minimum atomic E-state index is -0.359. The molecule has 2 N–H and O–H groups in total. The minimum absolute atomic E-state index is 0.143. The molecule has 4 heterocycles. The number of aromatic amines is 1. The smallest absolute Gasteiger partial charge is 0.255 e. The molecule has 4 aromatic heterocycles. The van der Waals surface area contributed by atoms with Crippen molar-refractivity contribution in [3.8, 4) is 11.4 Å². The molecule has 4 rings (SSSR count). The molecule has 0 unspecified atom stereocenters. The monoisotopic (exact) mass is 368 g/mol. The van der Waals surface area contributed by atoms with Gasteiger partial charge in [0.2, 0.25) is 0 Å². The number of hydrogen-bond donors (Lipinski definition) is 2. The summed E-state index contributed by atoms with van der Waals surface area (Å²) in [5.74, 6) is -0.628. The average Bonchev–Trinajstić information content (AvgIpc) is 3.24. The van der Waals surface area contributed by atoms with E-state index in [4.69, 9.17) is 4.74 Å². The zero-order valence-corrected chi connectivity index (χ0v) is 14.7. The second kappa shape index (κ2) is 6.76. The van der Waals surface area contributed by atoms with Gasteiger partial charge in [0.15, 0.2) is 5.65 Å². The van der Waals surface area contributed by atoms with Crippen LogP contribution >= 0.6 is 0 Å². The third-order valence-electron chi connectivity index (χ3n) is 4.16. The summed E-state index contributed by atoms with van der Waals surface area (Å²) < 4.78 is 20.0. The predicted molar refractivity (Wildman–Crippen MR) is 96.8 cm³/mol. The lowest BCUT2D eigenvalue weighted by atomic mass is 10.2. The number of fused-ring (bicyclic) bond motifs is 2. The van der Waals surface area contributed by atoms with Gasteiger partial charge in [-0.3, -0.25) is 4.79 Å². The highest BCUT2D eigenvalue weighted by Crippen LogP contribution is 2.24. The molecule has 138 valence electrons. The number of halogens is 1. The van der Waals surface area contributed by atoms with Gasteiger partial charge < -0.3 is 19.4 Å². The summed E-state index contributed by atoms with van der Waals surface area (Å²) in [5.41, 5.74) is 3.08. The number of aromatic nitrogens is 5. The van der Waals surface area contributed by atoms with E-state index in [1.165, 1.54) is 18.6 Å². The number of rotatable bonds is 5. The molecular weight excluding hydrogens is 351 g/mol. The second-order valence-corrected chi connectivity index (χ2v) is 6.22. The first kappa shape index (κ1) is 17.1. The number of H-pyrrole nitrogens is 1. The SMILES string of the molecule is COC[C@H](C)NC(=O)c1c[nH]c2ncc(-c3ncn4cc(F)ccc34)nc12. The molecular formula is C18H17FN6O2. The van der Waals surface area contributed by atoms with Gasteiger partial charge in [-0.2, -0.15) is 0 Å². The van der Waals surface area contributed by atoms with Crippen LogP contribution < -0.4 is 5.32 Å². The lowest BCUT2D eigenvalue weighted by molar-refractivity contribution is 0.0907. The molecule has 9 heteroatoms. The van der Waals surface area contributed by atoms with Gasteiger partial charge in [-0.15, -0.1) is 0 Å². The van der Waals surface area contributed by atoms with Crippen LogP contribution in [-0.2, 0) is 4.74 Å². The van der Waals surface area contributed by atoms with Crippen molar-refractivity contribution in [3.63, 3.8) is 0 Å². The van der Waals surface area contributed by atoms with Gasteiger partial charge in [-0.05, 0) is 19.1 Å². The fourth-order valence-corrected chi connectivity index (χ4v) is 2.94. The Kier molecular flexibility index (Phi) is 4.28. The van der Waals surface area contributed by atoms with Crippen LogP contribution in [0, 0.1) is 5.82 Å². The molecule has 0 saturated heterocycles. The van der Waals surface area contributed by atoms with Gasteiger partial charge in [-0.25, -0.2) is 19.3 Å². The van der Waals surface area contributed by atoms with Crippen LogP contribution in [0.25, 0.3) is 28.1 Å². The number of carbonyl (C=O) groups excluding carboxylic acids is 1. The molecule has 0 aliphatic heterocycles. The van der Waals surface area contributed by atoms with Crippen LogP contribution in [0.15, 0.2) is 37.1 Å². The van der Waals surface area contributed by atoms with Gasteiger partial charge in [-0.1, -0.05) is 0 Å². The largest absolute Gasteiger partial charge is 0.383 e. The van der Waals surface area contributed by atoms with Crippen LogP contribution in [0.2, 0.25) is 0 Å². The fourth-order valence-electron chi connectivity index (χ4n) is 2.94. The molecule has 0 radical (unpaired) electrons. The van der Waals surface area contributed by atoms with Crippen molar-refractivity contribution in [2.45, 2.75) is 13.0 Å². The first-order valence-corrected chi connectivity index (χ1v) is 8.33. The third kappa shape index (κ3) is 3.13. The average molecular weight is 368 g/mol. The van der Waals surface area contributed by atoms with Crippen molar-refractivity contribution >= 4 is 22.6 Å². The van der Waals surface area contributed by atoms with Crippen LogP contribution in [0.1, 0.15) is 17.3 Å². The quantitative estimate of drug-likeness (QED) is 0.563. The Morgan fingerprint density at radius 1 is 1.41 bits per heavy atom. The van der Waals surface area contributed by atoms with Gasteiger partial charge in [0.05, 0.1) is 23.9 Å². The van der Waals surface area contributed by atoms with E-state index in [1.54, 1.807) is 30.0 Å². The Balaban J connectivity index is 1.74. The molecule has 0 aromatic carbocycles. The zero-order valence-electron chi connectivity index (χ0n) is 14.7. The van der Waals surface area contributed by atoms with E-state index >= 15 is 0 Å². The standard InChI is InChI=1S/C18H17FN6O2/c1-10(8-27-2)23-18(26)12-5-20-17-15(12)24-13(6-21-17)16-14-4-3-11(19)7-25(14)9-22-16/h3-7,9-10H,8H2,1-2H3,(H,20,21)(H,23,26)/t10-/m0/s1. The number of nitrogens with zero attached hydrogens (tertiary/aromatic N) is 4. The molecule has 0 spiro atoms. The Morgan fingerprint density at radius 3 is 3.07 bits per heavy atom. The number of hydrogen-bond acceptors (Lipinski definition) is 5. The van der Waals surface area contributed by atoms with E-state index in [0.717, 1.165) is 0 Å². The van der Waals surface area contributed by atoms with Gasteiger partial charge in [0.25, 0.3) is 5.91 Å². The number of methoxy groups -OCH3 is 1. The lowest BCUT2D eigenvalue weighted by Gasteiger charge is -2.11. The van der Waals surface area contributed by atoms with Crippen LogP contribution in [0.3, 0.4) is 0 Å². The molecule has 27 heavy (non-hydrogen) atoms. The van der Waals surface area contributed by atoms with Gasteiger partial charge in [0.1, 0.15) is 29.0 Å². The van der Waals surface area contributed by atoms with Crippen molar-refractivity contribution in [1.29, 1.82) is 0 Å². The van der Waals surface area contributed by atoms with E-state index in [0.29, 0.717) is 40.2 Å². The highest BCUT2D eigenvalue weighted by atomic mass is 19.1. The predicted octanol–water partition coefficient (Wildman–Crippen LogP) is 2.18. The first-order valence-electron chi connectivity index (χ1n) is 8.33. The minimum Gasteiger partial charge on any atom is -0.383 e. The topological polar surface area (TPSA) is 97.2 Å². The summed E-state index contributed by atoms with van der Waals surface area (Å²) >= 11 is 0. The molecule has 0 bridgehead atoms. The molecule has 1 amide bonds. The molecule has 0 aliphatic rings. The van der Waals surface area contributed by atoms with Crippen molar-refractivity contribution in [2.24, 2.45) is 0 Å². The van der Waals surface area contributed by atoms with Gasteiger partial charge >= 0.3 is 0 Å². The summed E-state index contributed by atoms with van der Waals surface area (Å²) in [4.78, 5) is 28.7. The van der Waals surface area contributed by atoms with E-state index in [1.807, 2.05) is 6.92 Å². The summed E-state index contributed by atoms with van der Waals surface area (Å²) in [6, 6.07) is 2.84. The normalized spacial score (nSPS) is 12.6. The first-order chi connectivity index (χ1) is 13.1. The third-order valence-corrected chi connectivity index (χ3v) is 4.16. The number of imidazole rings is 1. The maximum Gasteiger partial charge on any atom is 0.255 e. The summed E-state index contributed by atoms with van der Waals surface area (Å²) in [5, 5.41) is 2.85. The number of ether oxygens (including phenoxy) is 1.